The predicted octanol–water partition coefficient (Wildman–Crippen LogP) is 5.26. The Kier molecular flexibility index (Phi) is 8.72. The third-order valence-electron chi connectivity index (χ3n) is 6.92. The van der Waals surface area contributed by atoms with Gasteiger partial charge in [0.1, 0.15) is 29.6 Å². The Hall–Kier alpha value is -4.44. The summed E-state index contributed by atoms with van der Waals surface area (Å²) in [4.78, 5) is 28.6. The molecule has 1 aromatic heterocycles. The zero-order chi connectivity index (χ0) is 29.8. The van der Waals surface area contributed by atoms with Gasteiger partial charge in [-0.3, -0.25) is 14.5 Å². The van der Waals surface area contributed by atoms with Crippen LogP contribution in [0.1, 0.15) is 30.2 Å². The highest BCUT2D eigenvalue weighted by molar-refractivity contribution is 8.00. The molecule has 3 aromatic carbocycles. The molecule has 9 nitrogen and oxygen atoms in total. The molecule has 0 saturated heterocycles. The molecule has 1 unspecified atom stereocenters. The molecular weight excluding hydrogens is 552 g/mol. The number of rotatable bonds is 9. The summed E-state index contributed by atoms with van der Waals surface area (Å²) >= 11 is 1.47. The fourth-order valence-corrected chi connectivity index (χ4v) is 6.25. The first-order valence-corrected chi connectivity index (χ1v) is 14.7. The lowest BCUT2D eigenvalue weighted by molar-refractivity contribution is -0.123. The molecule has 0 saturated carbocycles. The van der Waals surface area contributed by atoms with E-state index in [-0.39, 0.29) is 35.4 Å². The van der Waals surface area contributed by atoms with Crippen LogP contribution in [0, 0.1) is 0 Å². The summed E-state index contributed by atoms with van der Waals surface area (Å²) in [6, 6.07) is 22.9. The van der Waals surface area contributed by atoms with E-state index in [4.69, 9.17) is 19.3 Å². The van der Waals surface area contributed by atoms with E-state index in [1.807, 2.05) is 86.6 Å². The normalized spacial score (nSPS) is 14.8. The van der Waals surface area contributed by atoms with Gasteiger partial charge in [0.25, 0.3) is 0 Å². The Labute approximate surface area is 249 Å². The average Bonchev–Trinajstić information content (AvgIpc) is 3.33. The number of carbonyl (C=O) groups excluding carboxylic acids is 2. The zero-order valence-electron chi connectivity index (χ0n) is 24.3. The summed E-state index contributed by atoms with van der Waals surface area (Å²) in [5.74, 6) is 2.25. The lowest BCUT2D eigenvalue weighted by Crippen LogP contribution is -2.44. The zero-order valence-corrected chi connectivity index (χ0v) is 25.1. The highest BCUT2D eigenvalue weighted by Gasteiger charge is 2.39. The van der Waals surface area contributed by atoms with E-state index in [0.717, 1.165) is 22.4 Å². The summed E-state index contributed by atoms with van der Waals surface area (Å²) in [5, 5.41) is 7.68. The third kappa shape index (κ3) is 5.80. The quantitative estimate of drug-likeness (QED) is 0.286. The number of fused-ring (bicyclic) bond motifs is 1. The molecule has 218 valence electrons. The predicted molar refractivity (Wildman–Crippen MR) is 165 cm³/mol. The SMILES string of the molecule is COc1ccc(-n2nc(-c3ccccc3)c3c2N(CC(=O)NC(C)C)C(=O)CSC3c2cc(OC)ccc2OC)cc1. The van der Waals surface area contributed by atoms with Crippen molar-refractivity contribution in [3.63, 3.8) is 0 Å². The van der Waals surface area contributed by atoms with Gasteiger partial charge in [0, 0.05) is 22.7 Å². The van der Waals surface area contributed by atoms with Gasteiger partial charge in [-0.25, -0.2) is 4.68 Å². The number of ether oxygens (including phenoxy) is 3. The van der Waals surface area contributed by atoms with Crippen molar-refractivity contribution in [3.05, 3.63) is 83.9 Å². The fraction of sp³-hybridized carbons (Fsp3) is 0.281. The van der Waals surface area contributed by atoms with Crippen molar-refractivity contribution in [1.29, 1.82) is 0 Å². The molecule has 5 rings (SSSR count). The van der Waals surface area contributed by atoms with Crippen molar-refractivity contribution >= 4 is 29.4 Å². The van der Waals surface area contributed by atoms with E-state index in [1.54, 1.807) is 30.9 Å². The number of hydrogen-bond acceptors (Lipinski definition) is 7. The molecule has 0 spiro atoms. The number of amides is 2. The second-order valence-corrected chi connectivity index (χ2v) is 11.2. The largest absolute Gasteiger partial charge is 0.497 e. The Morgan fingerprint density at radius 2 is 1.67 bits per heavy atom. The molecule has 42 heavy (non-hydrogen) atoms. The van der Waals surface area contributed by atoms with Gasteiger partial charge in [0.2, 0.25) is 11.8 Å². The van der Waals surface area contributed by atoms with Crippen LogP contribution < -0.4 is 24.4 Å². The molecule has 1 aliphatic rings. The number of methoxy groups -OCH3 is 3. The third-order valence-corrected chi connectivity index (χ3v) is 8.16. The number of thioether (sulfide) groups is 1. The summed E-state index contributed by atoms with van der Waals surface area (Å²) < 4.78 is 18.5. The van der Waals surface area contributed by atoms with Crippen molar-refractivity contribution in [3.8, 4) is 34.2 Å². The number of hydrogen-bond donors (Lipinski definition) is 1. The van der Waals surface area contributed by atoms with Gasteiger partial charge in [0.15, 0.2) is 0 Å². The molecule has 2 heterocycles. The van der Waals surface area contributed by atoms with Crippen molar-refractivity contribution in [1.82, 2.24) is 15.1 Å². The number of nitrogens with one attached hydrogen (secondary N) is 1. The lowest BCUT2D eigenvalue weighted by atomic mass is 9.98. The monoisotopic (exact) mass is 586 g/mol. The molecule has 4 aromatic rings. The number of benzene rings is 3. The Morgan fingerprint density at radius 1 is 0.976 bits per heavy atom. The highest BCUT2D eigenvalue weighted by atomic mass is 32.2. The lowest BCUT2D eigenvalue weighted by Gasteiger charge is -2.24. The van der Waals surface area contributed by atoms with Gasteiger partial charge in [0.05, 0.1) is 43.7 Å². The molecular formula is C32H34N4O5S. The first-order valence-electron chi connectivity index (χ1n) is 13.6. The standard InChI is InChI=1S/C32H34N4O5S/c1-20(2)33-27(37)18-35-28(38)19-42-31(25-17-24(40-4)15-16-26(25)41-5)29-30(21-9-7-6-8-10-21)34-36(32(29)35)22-11-13-23(39-3)14-12-22/h6-17,20,31H,18-19H2,1-5H3,(H,33,37). The van der Waals surface area contributed by atoms with E-state index in [0.29, 0.717) is 28.8 Å². The van der Waals surface area contributed by atoms with Crippen LogP contribution in [0.25, 0.3) is 16.9 Å². The maximum absolute atomic E-state index is 13.9. The number of anilines is 1. The van der Waals surface area contributed by atoms with Crippen molar-refractivity contribution in [2.45, 2.75) is 25.1 Å². The summed E-state index contributed by atoms with van der Waals surface area (Å²) in [7, 11) is 4.85. The number of carbonyl (C=O) groups is 2. The molecule has 1 N–H and O–H groups in total. The van der Waals surface area contributed by atoms with Crippen LogP contribution in [0.4, 0.5) is 5.82 Å². The molecule has 2 amide bonds. The van der Waals surface area contributed by atoms with Crippen LogP contribution in [0.3, 0.4) is 0 Å². The fourth-order valence-electron chi connectivity index (χ4n) is 5.03. The summed E-state index contributed by atoms with van der Waals surface area (Å²) in [6.07, 6.45) is 0. The number of aromatic nitrogens is 2. The molecule has 0 aliphatic carbocycles. The van der Waals surface area contributed by atoms with Gasteiger partial charge in [-0.2, -0.15) is 5.10 Å². The molecule has 0 fully saturated rings. The van der Waals surface area contributed by atoms with Crippen LogP contribution in [0.15, 0.2) is 72.8 Å². The minimum Gasteiger partial charge on any atom is -0.497 e. The molecule has 1 aliphatic heterocycles. The van der Waals surface area contributed by atoms with E-state index in [9.17, 15) is 9.59 Å². The van der Waals surface area contributed by atoms with Crippen LogP contribution in [0.5, 0.6) is 17.2 Å². The van der Waals surface area contributed by atoms with Crippen LogP contribution in [-0.4, -0.2) is 61.3 Å². The Bertz CT molecular complexity index is 1570. The van der Waals surface area contributed by atoms with E-state index < -0.39 is 0 Å². The molecule has 1 atom stereocenters. The van der Waals surface area contributed by atoms with Crippen molar-refractivity contribution in [2.75, 3.05) is 38.5 Å². The maximum Gasteiger partial charge on any atom is 0.240 e. The van der Waals surface area contributed by atoms with Gasteiger partial charge < -0.3 is 19.5 Å². The van der Waals surface area contributed by atoms with E-state index in [2.05, 4.69) is 5.32 Å². The second kappa shape index (κ2) is 12.6. The van der Waals surface area contributed by atoms with E-state index >= 15 is 0 Å². The van der Waals surface area contributed by atoms with Gasteiger partial charge >= 0.3 is 0 Å². The Balaban J connectivity index is 1.82. The Morgan fingerprint density at radius 3 is 2.31 bits per heavy atom. The van der Waals surface area contributed by atoms with Crippen LogP contribution in [0.2, 0.25) is 0 Å². The highest BCUT2D eigenvalue weighted by Crippen LogP contribution is 2.51. The van der Waals surface area contributed by atoms with Gasteiger partial charge in [-0.1, -0.05) is 30.3 Å². The minimum atomic E-state index is -0.366. The molecule has 10 heteroatoms. The first kappa shape index (κ1) is 29.1. The van der Waals surface area contributed by atoms with Crippen LogP contribution >= 0.6 is 11.8 Å². The average molecular weight is 587 g/mol. The summed E-state index contributed by atoms with van der Waals surface area (Å²) in [5.41, 5.74) is 3.95. The minimum absolute atomic E-state index is 0.0754. The smallest absolute Gasteiger partial charge is 0.240 e. The first-order chi connectivity index (χ1) is 20.3. The number of nitrogens with zero attached hydrogens (tertiary/aromatic N) is 3. The second-order valence-electron chi connectivity index (χ2n) is 10.1. The topological polar surface area (TPSA) is 94.9 Å². The molecule has 0 bridgehead atoms. The molecule has 0 radical (unpaired) electrons. The van der Waals surface area contributed by atoms with Gasteiger partial charge in [-0.05, 0) is 56.3 Å². The van der Waals surface area contributed by atoms with Gasteiger partial charge in [-0.15, -0.1) is 11.8 Å². The van der Waals surface area contributed by atoms with Crippen LogP contribution in [-0.2, 0) is 9.59 Å². The van der Waals surface area contributed by atoms with E-state index in [1.165, 1.54) is 11.8 Å². The summed E-state index contributed by atoms with van der Waals surface area (Å²) in [6.45, 7) is 3.63. The maximum atomic E-state index is 13.9. The van der Waals surface area contributed by atoms with Crippen molar-refractivity contribution in [2.24, 2.45) is 0 Å². The van der Waals surface area contributed by atoms with Crippen molar-refractivity contribution < 1.29 is 23.8 Å².